The summed E-state index contributed by atoms with van der Waals surface area (Å²) in [5.41, 5.74) is -0.619. The number of ether oxygens (including phenoxy) is 1. The molecule has 0 saturated heterocycles. The number of alkyl carbamates (subject to hydrolysis) is 1. The van der Waals surface area contributed by atoms with Crippen LogP contribution in [0.2, 0.25) is 0 Å². The molecule has 1 aromatic rings. The van der Waals surface area contributed by atoms with E-state index in [0.717, 1.165) is 11.5 Å². The first-order valence-corrected chi connectivity index (χ1v) is 6.17. The van der Waals surface area contributed by atoms with Crippen LogP contribution in [0.15, 0.2) is 12.3 Å². The molecule has 0 spiro atoms. The van der Waals surface area contributed by atoms with Crippen molar-refractivity contribution in [2.75, 3.05) is 0 Å². The average molecular weight is 272 g/mol. The maximum Gasteiger partial charge on any atom is 0.408 e. The zero-order valence-electron chi connectivity index (χ0n) is 10.5. The molecular formula is C11H16N2O4S. The molecule has 1 amide bonds. The highest BCUT2D eigenvalue weighted by Crippen LogP contribution is 2.21. The van der Waals surface area contributed by atoms with Crippen LogP contribution in [0.1, 0.15) is 38.1 Å². The Labute approximate surface area is 109 Å². The van der Waals surface area contributed by atoms with E-state index in [2.05, 4.69) is 9.69 Å². The SMILES string of the molecule is CC(C)(C)OC(=O)NC(CC(=O)O)c1ccns1. The Morgan fingerprint density at radius 2 is 2.22 bits per heavy atom. The molecule has 1 aromatic heterocycles. The lowest BCUT2D eigenvalue weighted by atomic mass is 10.2. The van der Waals surface area contributed by atoms with Crippen LogP contribution in [0.3, 0.4) is 0 Å². The van der Waals surface area contributed by atoms with Gasteiger partial charge >= 0.3 is 12.1 Å². The largest absolute Gasteiger partial charge is 0.481 e. The molecule has 0 aliphatic heterocycles. The summed E-state index contributed by atoms with van der Waals surface area (Å²) in [6.07, 6.45) is 0.717. The van der Waals surface area contributed by atoms with E-state index in [-0.39, 0.29) is 6.42 Å². The van der Waals surface area contributed by atoms with E-state index in [1.807, 2.05) is 0 Å². The molecule has 0 saturated carbocycles. The molecule has 6 nitrogen and oxygen atoms in total. The van der Waals surface area contributed by atoms with Gasteiger partial charge in [0, 0.05) is 11.1 Å². The second kappa shape index (κ2) is 5.81. The van der Waals surface area contributed by atoms with Crippen molar-refractivity contribution in [3.05, 3.63) is 17.1 Å². The minimum Gasteiger partial charge on any atom is -0.481 e. The monoisotopic (exact) mass is 272 g/mol. The second-order valence-electron chi connectivity index (χ2n) is 4.71. The number of aromatic nitrogens is 1. The van der Waals surface area contributed by atoms with Gasteiger partial charge in [0.05, 0.1) is 12.5 Å². The van der Waals surface area contributed by atoms with Gasteiger partial charge in [-0.2, -0.15) is 0 Å². The molecule has 1 unspecified atom stereocenters. The number of amides is 1. The molecule has 1 heterocycles. The highest BCUT2D eigenvalue weighted by Gasteiger charge is 2.23. The third-order valence-corrected chi connectivity index (χ3v) is 2.73. The van der Waals surface area contributed by atoms with Gasteiger partial charge in [-0.25, -0.2) is 9.17 Å². The minimum atomic E-state index is -0.996. The fourth-order valence-corrected chi connectivity index (χ4v) is 1.89. The topological polar surface area (TPSA) is 88.5 Å². The summed E-state index contributed by atoms with van der Waals surface area (Å²) in [4.78, 5) is 23.1. The van der Waals surface area contributed by atoms with E-state index in [1.165, 1.54) is 0 Å². The summed E-state index contributed by atoms with van der Waals surface area (Å²) in [5, 5.41) is 11.4. The molecule has 100 valence electrons. The number of hydrogen-bond acceptors (Lipinski definition) is 5. The smallest absolute Gasteiger partial charge is 0.408 e. The molecule has 7 heteroatoms. The number of hydrogen-bond donors (Lipinski definition) is 2. The molecule has 0 aromatic carbocycles. The van der Waals surface area contributed by atoms with Gasteiger partial charge in [0.25, 0.3) is 0 Å². The number of nitrogens with zero attached hydrogens (tertiary/aromatic N) is 1. The molecule has 0 radical (unpaired) electrons. The van der Waals surface area contributed by atoms with Crippen LogP contribution in [0.5, 0.6) is 0 Å². The van der Waals surface area contributed by atoms with Gasteiger partial charge in [-0.1, -0.05) is 0 Å². The highest BCUT2D eigenvalue weighted by atomic mass is 32.1. The number of carboxylic acid groups (broad SMARTS) is 1. The van der Waals surface area contributed by atoms with Crippen molar-refractivity contribution >= 4 is 23.6 Å². The predicted molar refractivity (Wildman–Crippen MR) is 66.5 cm³/mol. The van der Waals surface area contributed by atoms with Crippen LogP contribution < -0.4 is 5.32 Å². The Morgan fingerprint density at radius 3 is 2.67 bits per heavy atom. The van der Waals surface area contributed by atoms with Gasteiger partial charge in [-0.3, -0.25) is 4.79 Å². The van der Waals surface area contributed by atoms with E-state index < -0.39 is 23.7 Å². The van der Waals surface area contributed by atoms with Crippen molar-refractivity contribution in [3.8, 4) is 0 Å². The van der Waals surface area contributed by atoms with Gasteiger partial charge in [-0.05, 0) is 38.4 Å². The normalized spacial score (nSPS) is 12.8. The summed E-state index contributed by atoms with van der Waals surface area (Å²) in [5.74, 6) is -0.996. The molecule has 2 N–H and O–H groups in total. The predicted octanol–water partition coefficient (Wildman–Crippen LogP) is 2.18. The zero-order chi connectivity index (χ0) is 13.8. The maximum absolute atomic E-state index is 11.6. The number of carbonyl (C=O) groups is 2. The standard InChI is InChI=1S/C11H16N2O4S/c1-11(2,3)17-10(16)13-7(6-9(14)15)8-4-5-12-18-8/h4-5,7H,6H2,1-3H3,(H,13,16)(H,14,15). The van der Waals surface area contributed by atoms with Crippen LogP contribution in [0.4, 0.5) is 4.79 Å². The van der Waals surface area contributed by atoms with E-state index in [1.54, 1.807) is 33.0 Å². The Balaban J connectivity index is 2.68. The Kier molecular flexibility index (Phi) is 4.66. The highest BCUT2D eigenvalue weighted by molar-refractivity contribution is 7.05. The van der Waals surface area contributed by atoms with Crippen molar-refractivity contribution in [2.24, 2.45) is 0 Å². The summed E-state index contributed by atoms with van der Waals surface area (Å²) in [6, 6.07) is 1.06. The van der Waals surface area contributed by atoms with Crippen molar-refractivity contribution in [1.29, 1.82) is 0 Å². The summed E-state index contributed by atoms with van der Waals surface area (Å²) in [7, 11) is 0. The van der Waals surface area contributed by atoms with E-state index in [0.29, 0.717) is 4.88 Å². The fraction of sp³-hybridized carbons (Fsp3) is 0.545. The zero-order valence-corrected chi connectivity index (χ0v) is 11.3. The van der Waals surface area contributed by atoms with E-state index >= 15 is 0 Å². The van der Waals surface area contributed by atoms with Crippen molar-refractivity contribution in [2.45, 2.75) is 38.8 Å². The molecule has 1 rings (SSSR count). The quantitative estimate of drug-likeness (QED) is 0.877. The molecular weight excluding hydrogens is 256 g/mol. The Hall–Kier alpha value is -1.63. The van der Waals surface area contributed by atoms with E-state index in [9.17, 15) is 9.59 Å². The second-order valence-corrected chi connectivity index (χ2v) is 5.58. The van der Waals surface area contributed by atoms with Crippen LogP contribution in [0.25, 0.3) is 0 Å². The van der Waals surface area contributed by atoms with Gasteiger partial charge in [0.1, 0.15) is 5.60 Å². The first-order chi connectivity index (χ1) is 8.28. The summed E-state index contributed by atoms with van der Waals surface area (Å²) < 4.78 is 8.98. The number of rotatable bonds is 4. The molecule has 0 fully saturated rings. The van der Waals surface area contributed by atoms with Gasteiger partial charge in [-0.15, -0.1) is 0 Å². The minimum absolute atomic E-state index is 0.207. The molecule has 1 atom stereocenters. The van der Waals surface area contributed by atoms with Crippen LogP contribution in [0, 0.1) is 0 Å². The van der Waals surface area contributed by atoms with E-state index in [4.69, 9.17) is 9.84 Å². The fourth-order valence-electron chi connectivity index (χ4n) is 1.25. The Morgan fingerprint density at radius 1 is 1.56 bits per heavy atom. The number of nitrogens with one attached hydrogen (secondary N) is 1. The lowest BCUT2D eigenvalue weighted by molar-refractivity contribution is -0.137. The third-order valence-electron chi connectivity index (χ3n) is 1.87. The van der Waals surface area contributed by atoms with Crippen LogP contribution >= 0.6 is 11.5 Å². The molecule has 0 bridgehead atoms. The lowest BCUT2D eigenvalue weighted by Gasteiger charge is -2.22. The Bertz CT molecular complexity index is 411. The van der Waals surface area contributed by atoms with Crippen molar-refractivity contribution < 1.29 is 19.4 Å². The van der Waals surface area contributed by atoms with Gasteiger partial charge in [0.15, 0.2) is 0 Å². The van der Waals surface area contributed by atoms with Crippen molar-refractivity contribution in [1.82, 2.24) is 9.69 Å². The van der Waals surface area contributed by atoms with Crippen LogP contribution in [-0.4, -0.2) is 27.1 Å². The first-order valence-electron chi connectivity index (χ1n) is 5.40. The number of carboxylic acids is 1. The van der Waals surface area contributed by atoms with Crippen molar-refractivity contribution in [3.63, 3.8) is 0 Å². The molecule has 18 heavy (non-hydrogen) atoms. The average Bonchev–Trinajstić information content (AvgIpc) is 2.64. The van der Waals surface area contributed by atoms with Gasteiger partial charge in [0.2, 0.25) is 0 Å². The number of carbonyl (C=O) groups excluding carboxylic acids is 1. The third kappa shape index (κ3) is 5.13. The molecule has 0 aliphatic rings. The molecule has 0 aliphatic carbocycles. The van der Waals surface area contributed by atoms with Gasteiger partial charge < -0.3 is 15.2 Å². The summed E-state index contributed by atoms with van der Waals surface area (Å²) >= 11 is 1.15. The lowest BCUT2D eigenvalue weighted by Crippen LogP contribution is -2.35. The summed E-state index contributed by atoms with van der Waals surface area (Å²) in [6.45, 7) is 5.22. The number of aliphatic carboxylic acids is 1. The maximum atomic E-state index is 11.6. The first kappa shape index (κ1) is 14.4. The van der Waals surface area contributed by atoms with Crippen LogP contribution in [-0.2, 0) is 9.53 Å².